The minimum Gasteiger partial charge on any atom is -0.368 e. The number of nitrogens with one attached hydrogen (secondary N) is 2. The number of amides is 1. The predicted octanol–water partition coefficient (Wildman–Crippen LogP) is 2.59. The molecule has 1 heterocycles. The van der Waals surface area contributed by atoms with Crippen LogP contribution >= 0.6 is 24.0 Å². The molecule has 1 amide bonds. The second-order valence-electron chi connectivity index (χ2n) is 8.25. The lowest BCUT2D eigenvalue weighted by Gasteiger charge is -2.36. The standard InChI is InChI=1S/C23H37N5O2S.HI/c1-3-31(30)21-11-7-8-19(18-21)26-23(24-2)25-13-12-22(29)28-16-14-27(15-17-28)20-9-5-4-6-10-20;/h4-6,9-10,19,21H,3,7-8,11-18H2,1-2H3,(H2,24,25,26);1H. The predicted molar refractivity (Wildman–Crippen MR) is 144 cm³/mol. The third-order valence-corrected chi connectivity index (χ3v) is 7.97. The number of halogens is 1. The van der Waals surface area contributed by atoms with E-state index in [4.69, 9.17) is 0 Å². The van der Waals surface area contributed by atoms with Gasteiger partial charge in [0, 0.05) is 79.7 Å². The third kappa shape index (κ3) is 7.90. The summed E-state index contributed by atoms with van der Waals surface area (Å²) >= 11 is 0. The molecule has 9 heteroatoms. The van der Waals surface area contributed by atoms with E-state index < -0.39 is 10.8 Å². The van der Waals surface area contributed by atoms with Gasteiger partial charge in [-0.25, -0.2) is 0 Å². The van der Waals surface area contributed by atoms with Crippen molar-refractivity contribution in [3.63, 3.8) is 0 Å². The molecule has 0 bridgehead atoms. The molecule has 1 aliphatic heterocycles. The van der Waals surface area contributed by atoms with Gasteiger partial charge in [-0.2, -0.15) is 0 Å². The number of para-hydroxylation sites is 1. The van der Waals surface area contributed by atoms with Crippen LogP contribution in [-0.4, -0.2) is 77.8 Å². The summed E-state index contributed by atoms with van der Waals surface area (Å²) in [6.45, 7) is 5.82. The minimum absolute atomic E-state index is 0. The van der Waals surface area contributed by atoms with Gasteiger partial charge in [0.05, 0.1) is 0 Å². The molecule has 180 valence electrons. The van der Waals surface area contributed by atoms with E-state index in [1.165, 1.54) is 5.69 Å². The zero-order valence-electron chi connectivity index (χ0n) is 19.3. The van der Waals surface area contributed by atoms with Crippen LogP contribution in [0.15, 0.2) is 35.3 Å². The molecule has 0 spiro atoms. The van der Waals surface area contributed by atoms with E-state index >= 15 is 0 Å². The zero-order chi connectivity index (χ0) is 22.1. The molecule has 1 saturated heterocycles. The molecule has 7 nitrogen and oxygen atoms in total. The average molecular weight is 576 g/mol. The normalized spacial score (nSPS) is 22.6. The van der Waals surface area contributed by atoms with Gasteiger partial charge in [-0.1, -0.05) is 31.5 Å². The number of hydrogen-bond donors (Lipinski definition) is 2. The van der Waals surface area contributed by atoms with Crippen LogP contribution < -0.4 is 15.5 Å². The van der Waals surface area contributed by atoms with E-state index in [2.05, 4.69) is 44.8 Å². The van der Waals surface area contributed by atoms with Crippen LogP contribution in [-0.2, 0) is 15.6 Å². The van der Waals surface area contributed by atoms with E-state index in [1.807, 2.05) is 17.9 Å². The Bertz CT molecular complexity index is 756. The highest BCUT2D eigenvalue weighted by Crippen LogP contribution is 2.23. The van der Waals surface area contributed by atoms with Gasteiger partial charge in [0.15, 0.2) is 5.96 Å². The largest absolute Gasteiger partial charge is 0.368 e. The van der Waals surface area contributed by atoms with Gasteiger partial charge in [0.2, 0.25) is 5.91 Å². The molecule has 1 aromatic carbocycles. The number of carbonyl (C=O) groups excluding carboxylic acids is 1. The highest BCUT2D eigenvalue weighted by Gasteiger charge is 2.26. The van der Waals surface area contributed by atoms with E-state index in [1.54, 1.807) is 7.05 Å². The fourth-order valence-corrected chi connectivity index (χ4v) is 5.79. The van der Waals surface area contributed by atoms with Crippen LogP contribution in [0.5, 0.6) is 0 Å². The maximum absolute atomic E-state index is 12.6. The Morgan fingerprint density at radius 1 is 1.16 bits per heavy atom. The number of carbonyl (C=O) groups is 1. The monoisotopic (exact) mass is 575 g/mol. The number of aliphatic imine (C=N–C) groups is 1. The van der Waals surface area contributed by atoms with Crippen LogP contribution in [0.2, 0.25) is 0 Å². The highest BCUT2D eigenvalue weighted by atomic mass is 127. The number of anilines is 1. The van der Waals surface area contributed by atoms with Gasteiger partial charge in [0.25, 0.3) is 0 Å². The number of hydrogen-bond acceptors (Lipinski definition) is 4. The van der Waals surface area contributed by atoms with Crippen molar-refractivity contribution in [2.24, 2.45) is 4.99 Å². The lowest BCUT2D eigenvalue weighted by molar-refractivity contribution is -0.131. The second-order valence-corrected chi connectivity index (χ2v) is 10.3. The Morgan fingerprint density at radius 2 is 1.88 bits per heavy atom. The van der Waals surface area contributed by atoms with Gasteiger partial charge in [-0.3, -0.25) is 14.0 Å². The molecule has 0 aromatic heterocycles. The molecule has 1 saturated carbocycles. The number of nitrogens with zero attached hydrogens (tertiary/aromatic N) is 3. The molecule has 2 N–H and O–H groups in total. The molecular weight excluding hydrogens is 537 g/mol. The molecule has 32 heavy (non-hydrogen) atoms. The quantitative estimate of drug-likeness (QED) is 0.297. The van der Waals surface area contributed by atoms with Gasteiger partial charge < -0.3 is 20.4 Å². The van der Waals surface area contributed by atoms with Gasteiger partial charge in [-0.05, 0) is 31.4 Å². The Balaban J connectivity index is 0.00000363. The van der Waals surface area contributed by atoms with Crippen molar-refractivity contribution in [2.75, 3.05) is 50.4 Å². The van der Waals surface area contributed by atoms with Crippen molar-refractivity contribution in [3.05, 3.63) is 30.3 Å². The van der Waals surface area contributed by atoms with E-state index in [9.17, 15) is 9.00 Å². The number of piperazine rings is 1. The van der Waals surface area contributed by atoms with Crippen LogP contribution in [0.25, 0.3) is 0 Å². The third-order valence-electron chi connectivity index (χ3n) is 6.23. The summed E-state index contributed by atoms with van der Waals surface area (Å²) in [4.78, 5) is 21.2. The summed E-state index contributed by atoms with van der Waals surface area (Å²) in [5.74, 6) is 1.65. The summed E-state index contributed by atoms with van der Waals surface area (Å²) in [5, 5.41) is 7.03. The average Bonchev–Trinajstić information content (AvgIpc) is 2.83. The van der Waals surface area contributed by atoms with Crippen LogP contribution in [0.1, 0.15) is 39.0 Å². The Kier molecular flexibility index (Phi) is 11.8. The Hall–Kier alpha value is -1.36. The lowest BCUT2D eigenvalue weighted by atomic mass is 9.95. The number of rotatable bonds is 7. The molecule has 3 atom stereocenters. The number of benzene rings is 1. The summed E-state index contributed by atoms with van der Waals surface area (Å²) in [5.41, 5.74) is 1.22. The van der Waals surface area contributed by atoms with Gasteiger partial charge in [-0.15, -0.1) is 24.0 Å². The summed E-state index contributed by atoms with van der Waals surface area (Å²) < 4.78 is 12.2. The first-order valence-corrected chi connectivity index (χ1v) is 12.9. The zero-order valence-corrected chi connectivity index (χ0v) is 22.4. The summed E-state index contributed by atoms with van der Waals surface area (Å²) in [6.07, 6.45) is 4.60. The van der Waals surface area contributed by atoms with Gasteiger partial charge >= 0.3 is 0 Å². The highest BCUT2D eigenvalue weighted by molar-refractivity contribution is 14.0. The van der Waals surface area contributed by atoms with Crippen LogP contribution in [0.4, 0.5) is 5.69 Å². The van der Waals surface area contributed by atoms with Crippen molar-refractivity contribution in [3.8, 4) is 0 Å². The van der Waals surface area contributed by atoms with Crippen LogP contribution in [0, 0.1) is 0 Å². The molecular formula is C23H38IN5O2S. The number of guanidine groups is 1. The van der Waals surface area contributed by atoms with Crippen molar-refractivity contribution >= 4 is 52.3 Å². The van der Waals surface area contributed by atoms with Gasteiger partial charge in [0.1, 0.15) is 0 Å². The van der Waals surface area contributed by atoms with E-state index in [0.29, 0.717) is 19.0 Å². The lowest BCUT2D eigenvalue weighted by Crippen LogP contribution is -2.50. The summed E-state index contributed by atoms with van der Waals surface area (Å²) in [7, 11) is 1.02. The first-order chi connectivity index (χ1) is 15.1. The fraction of sp³-hybridized carbons (Fsp3) is 0.652. The second kappa shape index (κ2) is 14.0. The van der Waals surface area contributed by atoms with Crippen molar-refractivity contribution < 1.29 is 9.00 Å². The van der Waals surface area contributed by atoms with E-state index in [-0.39, 0.29) is 35.1 Å². The van der Waals surface area contributed by atoms with Crippen molar-refractivity contribution in [1.82, 2.24) is 15.5 Å². The SMILES string of the molecule is CCS(=O)C1CCCC(NC(=NC)NCCC(=O)N2CCN(c3ccccc3)CC2)C1.I. The molecule has 3 rings (SSSR count). The fourth-order valence-electron chi connectivity index (χ4n) is 4.44. The Labute approximate surface area is 212 Å². The summed E-state index contributed by atoms with van der Waals surface area (Å²) in [6, 6.07) is 10.7. The van der Waals surface area contributed by atoms with Crippen molar-refractivity contribution in [2.45, 2.75) is 50.3 Å². The van der Waals surface area contributed by atoms with Crippen molar-refractivity contribution in [1.29, 1.82) is 0 Å². The molecule has 3 unspecified atom stereocenters. The molecule has 1 aliphatic carbocycles. The smallest absolute Gasteiger partial charge is 0.224 e. The molecule has 2 fully saturated rings. The first kappa shape index (κ1) is 26.9. The first-order valence-electron chi connectivity index (χ1n) is 11.5. The topological polar surface area (TPSA) is 77.0 Å². The molecule has 0 radical (unpaired) electrons. The Morgan fingerprint density at radius 3 is 2.53 bits per heavy atom. The maximum atomic E-state index is 12.6. The molecule has 1 aromatic rings. The van der Waals surface area contributed by atoms with Crippen LogP contribution in [0.3, 0.4) is 0 Å². The molecule has 2 aliphatic rings. The minimum atomic E-state index is -0.734. The van der Waals surface area contributed by atoms with E-state index in [0.717, 1.165) is 63.6 Å². The maximum Gasteiger partial charge on any atom is 0.224 e.